The fraction of sp³-hybridized carbons (Fsp3) is 0.235. The summed E-state index contributed by atoms with van der Waals surface area (Å²) >= 11 is 5.70. The number of nitrogens with one attached hydrogen (secondary N) is 2. The van der Waals surface area contributed by atoms with Gasteiger partial charge in [-0.1, -0.05) is 17.7 Å². The van der Waals surface area contributed by atoms with Crippen LogP contribution in [0.15, 0.2) is 36.4 Å². The minimum absolute atomic E-state index is 0.0484. The predicted molar refractivity (Wildman–Crippen MR) is 88.9 cm³/mol. The van der Waals surface area contributed by atoms with Crippen molar-refractivity contribution in [2.45, 2.75) is 13.0 Å². The summed E-state index contributed by atoms with van der Waals surface area (Å²) in [6.07, 6.45) is 0.291. The predicted octanol–water partition coefficient (Wildman–Crippen LogP) is 3.33. The highest BCUT2D eigenvalue weighted by Crippen LogP contribution is 2.32. The van der Waals surface area contributed by atoms with Crippen LogP contribution in [0.5, 0.6) is 11.5 Å². The van der Waals surface area contributed by atoms with Gasteiger partial charge in [0.2, 0.25) is 12.7 Å². The molecule has 24 heavy (non-hydrogen) atoms. The number of hydrogen-bond acceptors (Lipinski definition) is 4. The summed E-state index contributed by atoms with van der Waals surface area (Å²) in [6.45, 7) is 1.07. The largest absolute Gasteiger partial charge is 0.454 e. The number of rotatable bonds is 6. The van der Waals surface area contributed by atoms with Gasteiger partial charge in [-0.3, -0.25) is 4.79 Å². The molecule has 1 heterocycles. The number of benzene rings is 2. The first kappa shape index (κ1) is 16.4. The summed E-state index contributed by atoms with van der Waals surface area (Å²) < 4.78 is 23.6. The van der Waals surface area contributed by atoms with E-state index in [4.69, 9.17) is 21.1 Å². The van der Waals surface area contributed by atoms with Gasteiger partial charge in [0, 0.05) is 25.2 Å². The van der Waals surface area contributed by atoms with Gasteiger partial charge in [0.15, 0.2) is 11.5 Å². The van der Waals surface area contributed by atoms with Crippen molar-refractivity contribution in [1.29, 1.82) is 0 Å². The Morgan fingerprint density at radius 2 is 2.00 bits per heavy atom. The summed E-state index contributed by atoms with van der Waals surface area (Å²) in [5, 5.41) is 5.91. The number of carbonyl (C=O) groups excluding carboxylic acids is 1. The first-order valence-corrected chi connectivity index (χ1v) is 7.84. The minimum atomic E-state index is -0.469. The van der Waals surface area contributed by atoms with Crippen molar-refractivity contribution in [2.75, 3.05) is 18.7 Å². The van der Waals surface area contributed by atoms with E-state index in [2.05, 4.69) is 10.6 Å². The van der Waals surface area contributed by atoms with E-state index in [1.165, 1.54) is 12.1 Å². The summed E-state index contributed by atoms with van der Waals surface area (Å²) in [4.78, 5) is 11.9. The van der Waals surface area contributed by atoms with Crippen LogP contribution in [0.3, 0.4) is 0 Å². The molecule has 0 aliphatic carbocycles. The molecular weight excluding hydrogens is 335 g/mol. The molecule has 0 fully saturated rings. The fourth-order valence-corrected chi connectivity index (χ4v) is 2.45. The molecule has 5 nitrogen and oxygen atoms in total. The molecule has 7 heteroatoms. The van der Waals surface area contributed by atoms with Crippen LogP contribution < -0.4 is 20.1 Å². The second kappa shape index (κ2) is 7.40. The molecule has 3 rings (SSSR count). The van der Waals surface area contributed by atoms with E-state index in [-0.39, 0.29) is 17.7 Å². The summed E-state index contributed by atoms with van der Waals surface area (Å²) in [6, 6.07) is 9.90. The molecule has 0 atom stereocenters. The molecule has 2 aromatic carbocycles. The molecule has 2 aromatic rings. The zero-order valence-electron chi connectivity index (χ0n) is 12.8. The molecule has 0 saturated heterocycles. The van der Waals surface area contributed by atoms with Gasteiger partial charge < -0.3 is 20.1 Å². The van der Waals surface area contributed by atoms with Gasteiger partial charge in [0.1, 0.15) is 5.82 Å². The van der Waals surface area contributed by atoms with Gasteiger partial charge >= 0.3 is 0 Å². The number of carbonyl (C=O) groups is 1. The van der Waals surface area contributed by atoms with E-state index in [9.17, 15) is 9.18 Å². The summed E-state index contributed by atoms with van der Waals surface area (Å²) in [5.41, 5.74) is 1.61. The van der Waals surface area contributed by atoms with Crippen LogP contribution in [0.2, 0.25) is 5.02 Å². The Morgan fingerprint density at radius 3 is 2.83 bits per heavy atom. The third-order valence-corrected chi connectivity index (χ3v) is 3.82. The SMILES string of the molecule is O=C(CCNc1ccc(F)c(Cl)c1)NCc1ccc2c(c1)OCO2. The molecule has 2 N–H and O–H groups in total. The standard InChI is InChI=1S/C17H16ClFN2O3/c18-13-8-12(2-3-14(13)19)20-6-5-17(22)21-9-11-1-4-15-16(7-11)24-10-23-15/h1-4,7-8,20H,5-6,9-10H2,(H,21,22). The van der Waals surface area contributed by atoms with Crippen LogP contribution in [-0.2, 0) is 11.3 Å². The van der Waals surface area contributed by atoms with Gasteiger partial charge in [-0.2, -0.15) is 0 Å². The maximum absolute atomic E-state index is 13.1. The number of fused-ring (bicyclic) bond motifs is 1. The van der Waals surface area contributed by atoms with Crippen LogP contribution >= 0.6 is 11.6 Å². The lowest BCUT2D eigenvalue weighted by atomic mass is 10.2. The van der Waals surface area contributed by atoms with Gasteiger partial charge in [0.05, 0.1) is 5.02 Å². The molecule has 0 radical (unpaired) electrons. The maximum Gasteiger partial charge on any atom is 0.231 e. The highest BCUT2D eigenvalue weighted by atomic mass is 35.5. The Hall–Kier alpha value is -2.47. The normalized spacial score (nSPS) is 12.1. The topological polar surface area (TPSA) is 59.6 Å². The van der Waals surface area contributed by atoms with E-state index < -0.39 is 5.82 Å². The van der Waals surface area contributed by atoms with Gasteiger partial charge in [0.25, 0.3) is 0 Å². The highest BCUT2D eigenvalue weighted by Gasteiger charge is 2.13. The Balaban J connectivity index is 1.42. The second-order valence-corrected chi connectivity index (χ2v) is 5.68. The average molecular weight is 351 g/mol. The smallest absolute Gasteiger partial charge is 0.231 e. The Morgan fingerprint density at radius 1 is 1.17 bits per heavy atom. The summed E-state index contributed by atoms with van der Waals surface area (Å²) in [5.74, 6) is 0.848. The lowest BCUT2D eigenvalue weighted by Crippen LogP contribution is -2.24. The zero-order chi connectivity index (χ0) is 16.9. The molecule has 1 amide bonds. The molecule has 0 unspecified atom stereocenters. The van der Waals surface area contributed by atoms with E-state index in [0.717, 1.165) is 5.56 Å². The lowest BCUT2D eigenvalue weighted by molar-refractivity contribution is -0.121. The first-order chi connectivity index (χ1) is 11.6. The van der Waals surface area contributed by atoms with Crippen LogP contribution in [-0.4, -0.2) is 19.2 Å². The van der Waals surface area contributed by atoms with E-state index >= 15 is 0 Å². The van der Waals surface area contributed by atoms with Gasteiger partial charge in [-0.25, -0.2) is 4.39 Å². The van der Waals surface area contributed by atoms with Crippen molar-refractivity contribution in [3.63, 3.8) is 0 Å². The molecule has 1 aliphatic rings. The number of hydrogen-bond donors (Lipinski definition) is 2. The van der Waals surface area contributed by atoms with Crippen LogP contribution in [0, 0.1) is 5.82 Å². The number of ether oxygens (including phenoxy) is 2. The Labute approximate surface area is 143 Å². The quantitative estimate of drug-likeness (QED) is 0.839. The van der Waals surface area contributed by atoms with Crippen molar-refractivity contribution in [1.82, 2.24) is 5.32 Å². The molecule has 0 saturated carbocycles. The molecule has 126 valence electrons. The maximum atomic E-state index is 13.1. The van der Waals surface area contributed by atoms with E-state index in [1.807, 2.05) is 18.2 Å². The monoisotopic (exact) mass is 350 g/mol. The van der Waals surface area contributed by atoms with E-state index in [1.54, 1.807) is 6.07 Å². The van der Waals surface area contributed by atoms with Crippen LogP contribution in [0.25, 0.3) is 0 Å². The molecule has 1 aliphatic heterocycles. The third kappa shape index (κ3) is 4.08. The molecular formula is C17H16ClFN2O3. The van der Waals surface area contributed by atoms with Crippen molar-refractivity contribution >= 4 is 23.2 Å². The number of anilines is 1. The first-order valence-electron chi connectivity index (χ1n) is 7.46. The van der Waals surface area contributed by atoms with Gasteiger partial charge in [-0.05, 0) is 35.9 Å². The Bertz CT molecular complexity index is 755. The fourth-order valence-electron chi connectivity index (χ4n) is 2.27. The van der Waals surface area contributed by atoms with Crippen molar-refractivity contribution in [3.05, 3.63) is 52.8 Å². The zero-order valence-corrected chi connectivity index (χ0v) is 13.5. The third-order valence-electron chi connectivity index (χ3n) is 3.53. The highest BCUT2D eigenvalue weighted by molar-refractivity contribution is 6.31. The van der Waals surface area contributed by atoms with Crippen molar-refractivity contribution in [3.8, 4) is 11.5 Å². The van der Waals surface area contributed by atoms with Crippen molar-refractivity contribution < 1.29 is 18.7 Å². The summed E-state index contributed by atoms with van der Waals surface area (Å²) in [7, 11) is 0. The van der Waals surface area contributed by atoms with E-state index in [0.29, 0.717) is 36.7 Å². The minimum Gasteiger partial charge on any atom is -0.454 e. The number of halogens is 2. The lowest BCUT2D eigenvalue weighted by Gasteiger charge is -2.08. The molecule has 0 spiro atoms. The molecule has 0 aromatic heterocycles. The molecule has 0 bridgehead atoms. The second-order valence-electron chi connectivity index (χ2n) is 5.27. The average Bonchev–Trinajstić information content (AvgIpc) is 3.04. The Kier molecular flexibility index (Phi) is 5.05. The van der Waals surface area contributed by atoms with Gasteiger partial charge in [-0.15, -0.1) is 0 Å². The number of amides is 1. The van der Waals surface area contributed by atoms with Crippen LogP contribution in [0.4, 0.5) is 10.1 Å². The van der Waals surface area contributed by atoms with Crippen molar-refractivity contribution in [2.24, 2.45) is 0 Å². The van der Waals surface area contributed by atoms with Crippen LogP contribution in [0.1, 0.15) is 12.0 Å².